The van der Waals surface area contributed by atoms with E-state index in [-0.39, 0.29) is 17.0 Å². The Labute approximate surface area is 139 Å². The van der Waals surface area contributed by atoms with E-state index in [2.05, 4.69) is 41.9 Å². The maximum absolute atomic E-state index is 11.9. The summed E-state index contributed by atoms with van der Waals surface area (Å²) in [5, 5.41) is 25.1. The van der Waals surface area contributed by atoms with Gasteiger partial charge in [-0.15, -0.1) is 10.2 Å². The zero-order valence-electron chi connectivity index (χ0n) is 12.1. The van der Waals surface area contributed by atoms with Crippen LogP contribution in [-0.4, -0.2) is 40.8 Å². The van der Waals surface area contributed by atoms with Crippen molar-refractivity contribution in [3.8, 4) is 11.8 Å². The van der Waals surface area contributed by atoms with E-state index in [0.717, 1.165) is 0 Å². The number of H-pyrrole nitrogens is 1. The van der Waals surface area contributed by atoms with Crippen LogP contribution in [0.5, 0.6) is 5.75 Å². The van der Waals surface area contributed by atoms with Crippen LogP contribution in [0.1, 0.15) is 16.2 Å². The standard InChI is InChI=1S/C13H11BrN6O3/c1-22-8-3-9(13(21)23-2)11(10(14)4-8)16-6-7(5-15)12-17-19-20-18-12/h3-4,6,16H,1-2H3,(H,17,18,19,20). The van der Waals surface area contributed by atoms with Crippen LogP contribution >= 0.6 is 15.9 Å². The Bertz CT molecular complexity index is 782. The lowest BCUT2D eigenvalue weighted by Gasteiger charge is -2.12. The summed E-state index contributed by atoms with van der Waals surface area (Å²) < 4.78 is 10.4. The molecule has 0 amide bonds. The molecule has 0 saturated carbocycles. The Kier molecular flexibility index (Phi) is 5.27. The molecule has 0 aliphatic rings. The number of benzene rings is 1. The molecule has 2 aromatic rings. The van der Waals surface area contributed by atoms with Gasteiger partial charge in [0.15, 0.2) is 0 Å². The highest BCUT2D eigenvalue weighted by molar-refractivity contribution is 9.10. The quantitative estimate of drug-likeness (QED) is 0.594. The average Bonchev–Trinajstić information content (AvgIpc) is 3.09. The minimum Gasteiger partial charge on any atom is -0.497 e. The summed E-state index contributed by atoms with van der Waals surface area (Å²) >= 11 is 3.34. The summed E-state index contributed by atoms with van der Waals surface area (Å²) in [4.78, 5) is 11.9. The van der Waals surface area contributed by atoms with Crippen LogP contribution in [0.25, 0.3) is 5.57 Å². The molecule has 0 spiro atoms. The number of esters is 1. The molecule has 0 atom stereocenters. The minimum absolute atomic E-state index is 0.129. The minimum atomic E-state index is -0.557. The molecule has 0 unspecified atom stereocenters. The zero-order valence-corrected chi connectivity index (χ0v) is 13.7. The Morgan fingerprint density at radius 2 is 2.26 bits per heavy atom. The normalized spacial score (nSPS) is 10.8. The van der Waals surface area contributed by atoms with Gasteiger partial charge in [0.1, 0.15) is 17.4 Å². The van der Waals surface area contributed by atoms with Crippen molar-refractivity contribution in [2.45, 2.75) is 0 Å². The monoisotopic (exact) mass is 378 g/mol. The number of ether oxygens (including phenoxy) is 2. The third kappa shape index (κ3) is 3.64. The first-order chi connectivity index (χ1) is 11.1. The van der Waals surface area contributed by atoms with Gasteiger partial charge in [-0.25, -0.2) is 4.79 Å². The fourth-order valence-electron chi connectivity index (χ4n) is 1.68. The van der Waals surface area contributed by atoms with E-state index in [9.17, 15) is 4.79 Å². The highest BCUT2D eigenvalue weighted by atomic mass is 79.9. The number of aromatic amines is 1. The molecule has 23 heavy (non-hydrogen) atoms. The van der Waals surface area contributed by atoms with Gasteiger partial charge in [-0.05, 0) is 33.3 Å². The van der Waals surface area contributed by atoms with Gasteiger partial charge >= 0.3 is 5.97 Å². The molecular weight excluding hydrogens is 368 g/mol. The number of nitrogens with zero attached hydrogens (tertiary/aromatic N) is 4. The Balaban J connectivity index is 2.43. The van der Waals surface area contributed by atoms with E-state index in [1.54, 1.807) is 6.07 Å². The Morgan fingerprint density at radius 3 is 2.83 bits per heavy atom. The van der Waals surface area contributed by atoms with Crippen LogP contribution in [-0.2, 0) is 4.74 Å². The van der Waals surface area contributed by atoms with Crippen molar-refractivity contribution in [2.75, 3.05) is 19.5 Å². The summed E-state index contributed by atoms with van der Waals surface area (Å²) in [5.74, 6) is 0.0494. The van der Waals surface area contributed by atoms with Crippen molar-refractivity contribution < 1.29 is 14.3 Å². The fourth-order valence-corrected chi connectivity index (χ4v) is 2.24. The lowest BCUT2D eigenvalue weighted by atomic mass is 10.1. The number of tetrazole rings is 1. The van der Waals surface area contributed by atoms with Gasteiger partial charge in [0, 0.05) is 10.7 Å². The average molecular weight is 379 g/mol. The van der Waals surface area contributed by atoms with E-state index >= 15 is 0 Å². The number of halogens is 1. The second-order valence-corrected chi connectivity index (χ2v) is 4.93. The molecule has 9 nitrogen and oxygen atoms in total. The molecular formula is C13H11BrN6O3. The van der Waals surface area contributed by atoms with Crippen molar-refractivity contribution in [2.24, 2.45) is 0 Å². The molecule has 1 aromatic carbocycles. The van der Waals surface area contributed by atoms with Crippen LogP contribution < -0.4 is 10.1 Å². The van der Waals surface area contributed by atoms with Crippen LogP contribution in [0, 0.1) is 11.3 Å². The van der Waals surface area contributed by atoms with Crippen LogP contribution in [0.3, 0.4) is 0 Å². The first-order valence-electron chi connectivity index (χ1n) is 6.17. The van der Waals surface area contributed by atoms with Crippen molar-refractivity contribution >= 4 is 33.2 Å². The van der Waals surface area contributed by atoms with Crippen molar-refractivity contribution in [1.29, 1.82) is 5.26 Å². The van der Waals surface area contributed by atoms with Crippen LogP contribution in [0.2, 0.25) is 0 Å². The van der Waals surface area contributed by atoms with Gasteiger partial charge in [-0.1, -0.05) is 0 Å². The first kappa shape index (κ1) is 16.4. The van der Waals surface area contributed by atoms with Crippen LogP contribution in [0.15, 0.2) is 22.8 Å². The van der Waals surface area contributed by atoms with E-state index in [1.165, 1.54) is 26.5 Å². The first-order valence-corrected chi connectivity index (χ1v) is 6.96. The van der Waals surface area contributed by atoms with Gasteiger partial charge in [0.2, 0.25) is 5.82 Å². The number of nitriles is 1. The van der Waals surface area contributed by atoms with Crippen LogP contribution in [0.4, 0.5) is 5.69 Å². The van der Waals surface area contributed by atoms with Gasteiger partial charge in [-0.3, -0.25) is 0 Å². The van der Waals surface area contributed by atoms with Crippen molar-refractivity contribution in [3.05, 3.63) is 34.2 Å². The summed E-state index contributed by atoms with van der Waals surface area (Å²) in [6.45, 7) is 0. The number of nitrogens with one attached hydrogen (secondary N) is 2. The van der Waals surface area contributed by atoms with Crippen molar-refractivity contribution in [1.82, 2.24) is 20.6 Å². The predicted molar refractivity (Wildman–Crippen MR) is 83.4 cm³/mol. The second-order valence-electron chi connectivity index (χ2n) is 4.07. The van der Waals surface area contributed by atoms with Gasteiger partial charge in [0.05, 0.1) is 25.5 Å². The second kappa shape index (κ2) is 7.37. The third-order valence-electron chi connectivity index (χ3n) is 2.77. The molecule has 0 aliphatic heterocycles. The van der Waals surface area contributed by atoms with E-state index in [1.807, 2.05) is 6.07 Å². The number of allylic oxidation sites excluding steroid dienone is 1. The van der Waals surface area contributed by atoms with Crippen molar-refractivity contribution in [3.63, 3.8) is 0 Å². The summed E-state index contributed by atoms with van der Waals surface area (Å²) in [6, 6.07) is 5.13. The molecule has 0 aliphatic carbocycles. The topological polar surface area (TPSA) is 126 Å². The van der Waals surface area contributed by atoms with E-state index in [0.29, 0.717) is 15.9 Å². The maximum Gasteiger partial charge on any atom is 0.340 e. The summed E-state index contributed by atoms with van der Waals surface area (Å²) in [5.41, 5.74) is 0.784. The number of carbonyl (C=O) groups is 1. The molecule has 1 aromatic heterocycles. The number of hydrogen-bond acceptors (Lipinski definition) is 8. The van der Waals surface area contributed by atoms with Gasteiger partial charge < -0.3 is 14.8 Å². The highest BCUT2D eigenvalue weighted by Gasteiger charge is 2.17. The lowest BCUT2D eigenvalue weighted by Crippen LogP contribution is -2.07. The number of rotatable bonds is 5. The molecule has 118 valence electrons. The predicted octanol–water partition coefficient (Wildman–Crippen LogP) is 1.73. The third-order valence-corrected chi connectivity index (χ3v) is 3.40. The number of anilines is 1. The molecule has 0 bridgehead atoms. The molecule has 0 fully saturated rings. The maximum atomic E-state index is 11.9. The SMILES string of the molecule is COC(=O)c1cc(OC)cc(Br)c1NC=C(C#N)c1nn[nH]n1. The Hall–Kier alpha value is -2.93. The number of hydrogen-bond donors (Lipinski definition) is 2. The molecule has 0 saturated heterocycles. The lowest BCUT2D eigenvalue weighted by molar-refractivity contribution is 0.0601. The van der Waals surface area contributed by atoms with E-state index in [4.69, 9.17) is 14.7 Å². The number of methoxy groups -OCH3 is 2. The number of carbonyl (C=O) groups excluding carboxylic acids is 1. The molecule has 2 rings (SSSR count). The van der Waals surface area contributed by atoms with Gasteiger partial charge in [-0.2, -0.15) is 10.5 Å². The summed E-state index contributed by atoms with van der Waals surface area (Å²) in [7, 11) is 2.76. The molecule has 10 heteroatoms. The fraction of sp³-hybridized carbons (Fsp3) is 0.154. The number of aromatic nitrogens is 4. The molecule has 0 radical (unpaired) electrons. The highest BCUT2D eigenvalue weighted by Crippen LogP contribution is 2.32. The smallest absolute Gasteiger partial charge is 0.340 e. The summed E-state index contributed by atoms with van der Waals surface area (Å²) in [6.07, 6.45) is 1.36. The molecule has 1 heterocycles. The Morgan fingerprint density at radius 1 is 1.48 bits per heavy atom. The van der Waals surface area contributed by atoms with Gasteiger partial charge in [0.25, 0.3) is 0 Å². The zero-order chi connectivity index (χ0) is 16.8. The molecule has 2 N–H and O–H groups in total. The van der Waals surface area contributed by atoms with E-state index < -0.39 is 5.97 Å². The largest absolute Gasteiger partial charge is 0.497 e.